The number of hydrogen-bond acceptors (Lipinski definition) is 4. The molecule has 0 saturated heterocycles. The molecule has 0 unspecified atom stereocenters. The molecule has 0 aliphatic carbocycles. The van der Waals surface area contributed by atoms with Gasteiger partial charge in [0.2, 0.25) is 0 Å². The lowest BCUT2D eigenvalue weighted by Crippen LogP contribution is -2.23. The van der Waals surface area contributed by atoms with Crippen LogP contribution in [0.4, 0.5) is 0 Å². The number of rotatable bonds is 7. The van der Waals surface area contributed by atoms with Crippen molar-refractivity contribution in [1.29, 1.82) is 5.26 Å². The second-order valence-corrected chi connectivity index (χ2v) is 5.16. The molecule has 0 bridgehead atoms. The molecule has 3 N–H and O–H groups in total. The van der Waals surface area contributed by atoms with Crippen LogP contribution in [-0.2, 0) is 16.1 Å². The Morgan fingerprint density at radius 3 is 2.40 bits per heavy atom. The molecule has 6 heteroatoms. The van der Waals surface area contributed by atoms with Gasteiger partial charge in [-0.15, -0.1) is 0 Å². The number of nitrogens with one attached hydrogen (secondary N) is 1. The second-order valence-electron chi connectivity index (χ2n) is 5.16. The van der Waals surface area contributed by atoms with E-state index in [9.17, 15) is 14.9 Å². The summed E-state index contributed by atoms with van der Waals surface area (Å²) in [5.74, 6) is -0.533. The van der Waals surface area contributed by atoms with Gasteiger partial charge < -0.3 is 15.8 Å². The number of nitrogens with zero attached hydrogens (tertiary/aromatic N) is 1. The molecule has 0 aliphatic heterocycles. The van der Waals surface area contributed by atoms with Gasteiger partial charge >= 0.3 is 0 Å². The van der Waals surface area contributed by atoms with Gasteiger partial charge in [-0.1, -0.05) is 42.5 Å². The highest BCUT2D eigenvalue weighted by Crippen LogP contribution is 2.14. The Morgan fingerprint density at radius 1 is 1.12 bits per heavy atom. The predicted octanol–water partition coefficient (Wildman–Crippen LogP) is 1.77. The van der Waals surface area contributed by atoms with Gasteiger partial charge in [0.25, 0.3) is 11.8 Å². The lowest BCUT2D eigenvalue weighted by molar-refractivity contribution is -0.120. The maximum atomic E-state index is 12.1. The van der Waals surface area contributed by atoms with Gasteiger partial charge in [-0.05, 0) is 29.3 Å². The highest BCUT2D eigenvalue weighted by Gasteiger charge is 2.08. The summed E-state index contributed by atoms with van der Waals surface area (Å²) in [4.78, 5) is 22.8. The molecule has 0 heterocycles. The van der Waals surface area contributed by atoms with Crippen molar-refractivity contribution in [3.8, 4) is 11.8 Å². The molecule has 2 amide bonds. The summed E-state index contributed by atoms with van der Waals surface area (Å²) in [6.07, 6.45) is 1.48. The van der Waals surface area contributed by atoms with E-state index in [1.807, 2.05) is 36.4 Å². The summed E-state index contributed by atoms with van der Waals surface area (Å²) in [5, 5.41) is 11.9. The van der Waals surface area contributed by atoms with Crippen molar-refractivity contribution in [2.45, 2.75) is 6.54 Å². The highest BCUT2D eigenvalue weighted by atomic mass is 16.5. The summed E-state index contributed by atoms with van der Waals surface area (Å²) in [6, 6.07) is 17.9. The summed E-state index contributed by atoms with van der Waals surface area (Å²) in [5.41, 5.74) is 6.62. The van der Waals surface area contributed by atoms with Gasteiger partial charge in [-0.25, -0.2) is 0 Å². The lowest BCUT2D eigenvalue weighted by Gasteiger charge is -2.05. The quantitative estimate of drug-likeness (QED) is 0.594. The van der Waals surface area contributed by atoms with Crippen molar-refractivity contribution in [1.82, 2.24) is 5.32 Å². The Kier molecular flexibility index (Phi) is 6.32. The third kappa shape index (κ3) is 5.84. The molecule has 126 valence electrons. The van der Waals surface area contributed by atoms with Gasteiger partial charge in [-0.2, -0.15) is 5.26 Å². The molecule has 0 spiro atoms. The first kappa shape index (κ1) is 17.8. The van der Waals surface area contributed by atoms with Crippen molar-refractivity contribution in [2.75, 3.05) is 6.61 Å². The Bertz CT molecular complexity index is 806. The molecule has 25 heavy (non-hydrogen) atoms. The number of carbonyl (C=O) groups excluding carboxylic acids is 2. The summed E-state index contributed by atoms with van der Waals surface area (Å²) in [6.45, 7) is 0.138. The van der Waals surface area contributed by atoms with Crippen molar-refractivity contribution >= 4 is 17.9 Å². The van der Waals surface area contributed by atoms with E-state index in [1.165, 1.54) is 6.08 Å². The standard InChI is InChI=1S/C19H17N3O3/c20-11-16(19(24)22-12-15-4-2-1-3-5-15)10-14-6-8-17(9-7-14)25-13-18(21)23/h1-10H,12-13H2,(H2,21,23)(H,22,24). The van der Waals surface area contributed by atoms with Gasteiger partial charge in [0.1, 0.15) is 17.4 Å². The Labute approximate surface area is 145 Å². The summed E-state index contributed by atoms with van der Waals surface area (Å²) < 4.78 is 5.15. The Morgan fingerprint density at radius 2 is 1.80 bits per heavy atom. The minimum Gasteiger partial charge on any atom is -0.484 e. The van der Waals surface area contributed by atoms with Gasteiger partial charge in [0.05, 0.1) is 0 Å². The zero-order valence-corrected chi connectivity index (χ0v) is 13.4. The van der Waals surface area contributed by atoms with Gasteiger partial charge in [0.15, 0.2) is 6.61 Å². The maximum Gasteiger partial charge on any atom is 0.262 e. The smallest absolute Gasteiger partial charge is 0.262 e. The number of nitrogens with two attached hydrogens (primary N) is 1. The van der Waals surface area contributed by atoms with Crippen LogP contribution in [0.3, 0.4) is 0 Å². The first-order chi connectivity index (χ1) is 12.1. The average molecular weight is 335 g/mol. The monoisotopic (exact) mass is 335 g/mol. The first-order valence-corrected chi connectivity index (χ1v) is 7.53. The fraction of sp³-hybridized carbons (Fsp3) is 0.105. The van der Waals surface area contributed by atoms with Crippen LogP contribution in [0.5, 0.6) is 5.75 Å². The number of ether oxygens (including phenoxy) is 1. The number of primary amides is 1. The molecular weight excluding hydrogens is 318 g/mol. The number of benzene rings is 2. The molecule has 2 rings (SSSR count). The van der Waals surface area contributed by atoms with Crippen molar-refractivity contribution in [3.05, 3.63) is 71.3 Å². The lowest BCUT2D eigenvalue weighted by atomic mass is 10.1. The topological polar surface area (TPSA) is 105 Å². The van der Waals surface area contributed by atoms with Crippen LogP contribution in [0.2, 0.25) is 0 Å². The molecule has 2 aromatic carbocycles. The SMILES string of the molecule is N#CC(=Cc1ccc(OCC(N)=O)cc1)C(=O)NCc1ccccc1. The highest BCUT2D eigenvalue weighted by molar-refractivity contribution is 6.01. The minimum atomic E-state index is -0.564. The van der Waals surface area contributed by atoms with Crippen molar-refractivity contribution in [2.24, 2.45) is 5.73 Å². The third-order valence-corrected chi connectivity index (χ3v) is 3.23. The Hall–Kier alpha value is -3.59. The van der Waals surface area contributed by atoms with Crippen molar-refractivity contribution < 1.29 is 14.3 Å². The van der Waals surface area contributed by atoms with E-state index < -0.39 is 11.8 Å². The molecule has 0 radical (unpaired) electrons. The second kappa shape index (κ2) is 8.89. The summed E-state index contributed by atoms with van der Waals surface area (Å²) in [7, 11) is 0. The molecule has 0 saturated carbocycles. The van der Waals surface area contributed by atoms with E-state index >= 15 is 0 Å². The number of carbonyl (C=O) groups is 2. The molecule has 0 fully saturated rings. The fourth-order valence-corrected chi connectivity index (χ4v) is 2.00. The normalized spacial score (nSPS) is 10.6. The van der Waals surface area contributed by atoms with Gasteiger partial charge in [-0.3, -0.25) is 9.59 Å². The van der Waals surface area contributed by atoms with Crippen LogP contribution >= 0.6 is 0 Å². The summed E-state index contributed by atoms with van der Waals surface area (Å²) >= 11 is 0. The van der Waals surface area contributed by atoms with E-state index in [0.717, 1.165) is 5.56 Å². The molecule has 0 atom stereocenters. The molecule has 2 aromatic rings. The van der Waals surface area contributed by atoms with E-state index in [1.54, 1.807) is 24.3 Å². The van der Waals surface area contributed by atoms with Crippen LogP contribution in [0.1, 0.15) is 11.1 Å². The van der Waals surface area contributed by atoms with Crippen molar-refractivity contribution in [3.63, 3.8) is 0 Å². The zero-order chi connectivity index (χ0) is 18.1. The average Bonchev–Trinajstić information content (AvgIpc) is 2.64. The predicted molar refractivity (Wildman–Crippen MR) is 93.0 cm³/mol. The molecule has 0 aromatic heterocycles. The molecule has 6 nitrogen and oxygen atoms in total. The van der Waals surface area contributed by atoms with Crippen LogP contribution in [-0.4, -0.2) is 18.4 Å². The number of hydrogen-bond donors (Lipinski definition) is 2. The minimum absolute atomic E-state index is 0.00161. The first-order valence-electron chi connectivity index (χ1n) is 7.53. The number of amides is 2. The fourth-order valence-electron chi connectivity index (χ4n) is 2.00. The van der Waals surface area contributed by atoms with Crippen LogP contribution < -0.4 is 15.8 Å². The van der Waals surface area contributed by atoms with E-state index in [4.69, 9.17) is 10.5 Å². The van der Waals surface area contributed by atoms with E-state index in [-0.39, 0.29) is 12.2 Å². The maximum absolute atomic E-state index is 12.1. The zero-order valence-electron chi connectivity index (χ0n) is 13.4. The van der Waals surface area contributed by atoms with Crippen LogP contribution in [0, 0.1) is 11.3 Å². The Balaban J connectivity index is 2.00. The van der Waals surface area contributed by atoms with E-state index in [0.29, 0.717) is 17.9 Å². The largest absolute Gasteiger partial charge is 0.484 e. The van der Waals surface area contributed by atoms with Crippen LogP contribution in [0.25, 0.3) is 6.08 Å². The van der Waals surface area contributed by atoms with E-state index in [2.05, 4.69) is 5.32 Å². The van der Waals surface area contributed by atoms with Crippen LogP contribution in [0.15, 0.2) is 60.2 Å². The molecular formula is C19H17N3O3. The number of nitriles is 1. The third-order valence-electron chi connectivity index (χ3n) is 3.23. The molecule has 0 aliphatic rings. The van der Waals surface area contributed by atoms with Gasteiger partial charge in [0, 0.05) is 6.54 Å².